The summed E-state index contributed by atoms with van der Waals surface area (Å²) in [6, 6.07) is 8.72. The number of likely N-dealkylation sites (tertiary alicyclic amines) is 1. The van der Waals surface area contributed by atoms with Gasteiger partial charge < -0.3 is 15.1 Å². The standard InChI is InChI=1S/C25H24ClF3N2O4S2/c26-17-5-2-1-4-15(17)10-14-11-16(36-12-14)7-8-19(32)21(33)22(34)24(35)31-9-3-6-18(31)23-30-20(13-37-23)25(27,28)29/h1-2,4-5,11-13,18,21-22,33-34H,3,6-10H2/t18-,21+,22-/m1/s1. The molecule has 2 N–H and O–H groups in total. The Morgan fingerprint density at radius 3 is 2.62 bits per heavy atom. The maximum absolute atomic E-state index is 12.9. The number of hydrogen-bond acceptors (Lipinski definition) is 7. The molecule has 0 bridgehead atoms. The predicted molar refractivity (Wildman–Crippen MR) is 135 cm³/mol. The quantitative estimate of drug-likeness (QED) is 0.374. The van der Waals surface area contributed by atoms with E-state index in [1.165, 1.54) is 16.2 Å². The molecule has 1 fully saturated rings. The van der Waals surface area contributed by atoms with Crippen LogP contribution in [0.25, 0.3) is 0 Å². The number of benzene rings is 1. The minimum Gasteiger partial charge on any atom is -0.382 e. The number of aliphatic hydroxyl groups excluding tert-OH is 2. The van der Waals surface area contributed by atoms with E-state index in [1.54, 1.807) is 0 Å². The topological polar surface area (TPSA) is 90.7 Å². The van der Waals surface area contributed by atoms with Gasteiger partial charge in [-0.3, -0.25) is 9.59 Å². The molecule has 0 saturated carbocycles. The molecule has 1 saturated heterocycles. The smallest absolute Gasteiger partial charge is 0.382 e. The highest BCUT2D eigenvalue weighted by molar-refractivity contribution is 7.10. The first-order chi connectivity index (χ1) is 17.5. The number of carbonyl (C=O) groups is 2. The van der Waals surface area contributed by atoms with Gasteiger partial charge in [0.1, 0.15) is 11.1 Å². The van der Waals surface area contributed by atoms with E-state index in [1.807, 2.05) is 35.7 Å². The van der Waals surface area contributed by atoms with Crippen LogP contribution in [0.2, 0.25) is 5.02 Å². The molecule has 4 rings (SSSR count). The normalized spacial score (nSPS) is 17.7. The van der Waals surface area contributed by atoms with Crippen molar-refractivity contribution in [2.75, 3.05) is 6.54 Å². The Morgan fingerprint density at radius 1 is 1.16 bits per heavy atom. The first kappa shape index (κ1) is 27.7. The van der Waals surface area contributed by atoms with Crippen molar-refractivity contribution < 1.29 is 33.0 Å². The zero-order valence-electron chi connectivity index (χ0n) is 19.4. The van der Waals surface area contributed by atoms with E-state index in [0.29, 0.717) is 30.7 Å². The van der Waals surface area contributed by atoms with Crippen LogP contribution in [0.3, 0.4) is 0 Å². The molecule has 12 heteroatoms. The predicted octanol–water partition coefficient (Wildman–Crippen LogP) is 5.05. The lowest BCUT2D eigenvalue weighted by Gasteiger charge is -2.27. The van der Waals surface area contributed by atoms with Gasteiger partial charge in [0.05, 0.1) is 6.04 Å². The number of aryl methyl sites for hydroxylation is 1. The van der Waals surface area contributed by atoms with Crippen molar-refractivity contribution in [3.8, 4) is 0 Å². The molecule has 3 heterocycles. The van der Waals surface area contributed by atoms with Crippen LogP contribution in [-0.4, -0.2) is 50.5 Å². The molecule has 1 aliphatic heterocycles. The van der Waals surface area contributed by atoms with E-state index < -0.39 is 41.8 Å². The Hall–Kier alpha value is -2.31. The Morgan fingerprint density at radius 2 is 1.92 bits per heavy atom. The van der Waals surface area contributed by atoms with Crippen molar-refractivity contribution >= 4 is 46.0 Å². The number of ketones is 1. The lowest BCUT2D eigenvalue weighted by Crippen LogP contribution is -2.47. The van der Waals surface area contributed by atoms with Crippen molar-refractivity contribution in [1.29, 1.82) is 0 Å². The number of thiophene rings is 1. The fourth-order valence-corrected chi connectivity index (χ4v) is 6.31. The van der Waals surface area contributed by atoms with Gasteiger partial charge in [0.25, 0.3) is 5.91 Å². The summed E-state index contributed by atoms with van der Waals surface area (Å²) in [4.78, 5) is 31.1. The fraction of sp³-hybridized carbons (Fsp3) is 0.400. The molecule has 6 nitrogen and oxygen atoms in total. The van der Waals surface area contributed by atoms with Gasteiger partial charge in [0, 0.05) is 28.2 Å². The number of carbonyl (C=O) groups excluding carboxylic acids is 2. The Labute approximate surface area is 224 Å². The second-order valence-corrected chi connectivity index (χ2v) is 11.1. The number of aromatic nitrogens is 1. The van der Waals surface area contributed by atoms with Crippen LogP contribution in [0.4, 0.5) is 13.2 Å². The SMILES string of the molecule is O=C(CCc1cc(Cc2ccccc2Cl)cs1)[C@H](O)[C@@H](O)C(=O)N1CCC[C@@H]1c1nc(C(F)(F)F)cs1. The third-order valence-corrected chi connectivity index (χ3v) is 8.55. The van der Waals surface area contributed by atoms with Crippen LogP contribution < -0.4 is 0 Å². The minimum absolute atomic E-state index is 0.0809. The molecule has 0 unspecified atom stereocenters. The molecular weight excluding hydrogens is 549 g/mol. The van der Waals surface area contributed by atoms with E-state index in [0.717, 1.165) is 32.7 Å². The largest absolute Gasteiger partial charge is 0.434 e. The van der Waals surface area contributed by atoms with Crippen LogP contribution in [0.5, 0.6) is 0 Å². The van der Waals surface area contributed by atoms with Crippen LogP contribution in [-0.2, 0) is 28.6 Å². The molecule has 1 aliphatic rings. The maximum atomic E-state index is 12.9. The first-order valence-corrected chi connectivity index (χ1v) is 13.7. The first-order valence-electron chi connectivity index (χ1n) is 11.6. The molecule has 1 aromatic carbocycles. The van der Waals surface area contributed by atoms with Crippen molar-refractivity contribution in [2.45, 2.75) is 56.5 Å². The molecule has 0 aliphatic carbocycles. The van der Waals surface area contributed by atoms with Gasteiger partial charge in [-0.15, -0.1) is 22.7 Å². The summed E-state index contributed by atoms with van der Waals surface area (Å²) in [6.07, 6.45) is -6.76. The molecule has 37 heavy (non-hydrogen) atoms. The van der Waals surface area contributed by atoms with Crippen molar-refractivity contribution in [1.82, 2.24) is 9.88 Å². The van der Waals surface area contributed by atoms with Gasteiger partial charge >= 0.3 is 6.18 Å². The van der Waals surface area contributed by atoms with Crippen LogP contribution >= 0.6 is 34.3 Å². The van der Waals surface area contributed by atoms with E-state index in [9.17, 15) is 33.0 Å². The number of alkyl halides is 3. The van der Waals surface area contributed by atoms with Crippen molar-refractivity contribution in [3.63, 3.8) is 0 Å². The van der Waals surface area contributed by atoms with Crippen LogP contribution in [0.1, 0.15) is 52.0 Å². The van der Waals surface area contributed by atoms with E-state index in [-0.39, 0.29) is 18.0 Å². The second-order valence-electron chi connectivity index (χ2n) is 8.80. The molecule has 1 amide bonds. The Kier molecular flexibility index (Phi) is 8.70. The molecule has 0 radical (unpaired) electrons. The number of amides is 1. The summed E-state index contributed by atoms with van der Waals surface area (Å²) in [5.41, 5.74) is 0.979. The number of nitrogens with zero attached hydrogens (tertiary/aromatic N) is 2. The van der Waals surface area contributed by atoms with Gasteiger partial charge in [0.15, 0.2) is 17.6 Å². The van der Waals surface area contributed by atoms with Gasteiger partial charge in [-0.2, -0.15) is 13.2 Å². The second kappa shape index (κ2) is 11.6. The highest BCUT2D eigenvalue weighted by Gasteiger charge is 2.41. The van der Waals surface area contributed by atoms with E-state index >= 15 is 0 Å². The monoisotopic (exact) mass is 572 g/mol. The number of Topliss-reactive ketones (excluding diaryl/α,β-unsaturated/α-hetero) is 1. The average Bonchev–Trinajstić information content (AvgIpc) is 3.62. The fourth-order valence-electron chi connectivity index (χ4n) is 4.25. The number of aliphatic hydroxyl groups is 2. The van der Waals surface area contributed by atoms with Crippen LogP contribution in [0.15, 0.2) is 41.1 Å². The van der Waals surface area contributed by atoms with E-state index in [2.05, 4.69) is 4.98 Å². The summed E-state index contributed by atoms with van der Waals surface area (Å²) in [5.74, 6) is -1.59. The highest BCUT2D eigenvalue weighted by Crippen LogP contribution is 2.38. The summed E-state index contributed by atoms with van der Waals surface area (Å²) < 4.78 is 38.8. The highest BCUT2D eigenvalue weighted by atomic mass is 35.5. The Balaban J connectivity index is 1.33. The van der Waals surface area contributed by atoms with Gasteiger partial charge in [0.2, 0.25) is 0 Å². The summed E-state index contributed by atoms with van der Waals surface area (Å²) in [5, 5.41) is 24.4. The molecule has 2 aromatic heterocycles. The molecular formula is C25H24ClF3N2O4S2. The summed E-state index contributed by atoms with van der Waals surface area (Å²) in [6.45, 7) is 0.186. The van der Waals surface area contributed by atoms with Crippen LogP contribution in [0, 0.1) is 0 Å². The zero-order chi connectivity index (χ0) is 26.7. The summed E-state index contributed by atoms with van der Waals surface area (Å²) in [7, 11) is 0. The zero-order valence-corrected chi connectivity index (χ0v) is 21.8. The van der Waals surface area contributed by atoms with E-state index in [4.69, 9.17) is 11.6 Å². The lowest BCUT2D eigenvalue weighted by atomic mass is 10.0. The number of rotatable bonds is 9. The molecule has 3 atom stereocenters. The third-order valence-electron chi connectivity index (χ3n) is 6.19. The maximum Gasteiger partial charge on any atom is 0.434 e. The average molecular weight is 573 g/mol. The summed E-state index contributed by atoms with van der Waals surface area (Å²) >= 11 is 8.46. The molecule has 0 spiro atoms. The minimum atomic E-state index is -4.59. The Bertz CT molecular complexity index is 1260. The number of thiazole rings is 1. The third kappa shape index (κ3) is 6.58. The number of halogens is 4. The molecule has 198 valence electrons. The lowest BCUT2D eigenvalue weighted by molar-refractivity contribution is -0.153. The van der Waals surface area contributed by atoms with Gasteiger partial charge in [-0.05, 0) is 54.3 Å². The van der Waals surface area contributed by atoms with Crippen molar-refractivity contribution in [3.05, 3.63) is 72.8 Å². The number of hydrogen-bond donors (Lipinski definition) is 2. The van der Waals surface area contributed by atoms with Gasteiger partial charge in [-0.1, -0.05) is 29.8 Å². The van der Waals surface area contributed by atoms with Crippen molar-refractivity contribution in [2.24, 2.45) is 0 Å². The van der Waals surface area contributed by atoms with Gasteiger partial charge in [-0.25, -0.2) is 4.98 Å². The molecule has 3 aromatic rings.